The zero-order valence-corrected chi connectivity index (χ0v) is 28.6. The van der Waals surface area contributed by atoms with Crippen LogP contribution in [0, 0.1) is 6.92 Å². The van der Waals surface area contributed by atoms with Crippen LogP contribution in [-0.4, -0.2) is 71.0 Å². The molecule has 6 rings (SSSR count). The van der Waals surface area contributed by atoms with Crippen LogP contribution in [0.5, 0.6) is 11.5 Å². The van der Waals surface area contributed by atoms with Gasteiger partial charge in [0, 0.05) is 35.2 Å². The Hall–Kier alpha value is -4.52. The predicted octanol–water partition coefficient (Wildman–Crippen LogP) is 6.10. The van der Waals surface area contributed by atoms with Crippen LogP contribution in [0.1, 0.15) is 36.6 Å². The lowest BCUT2D eigenvalue weighted by Gasteiger charge is -2.29. The maximum Gasteiger partial charge on any atom is 0.260 e. The minimum absolute atomic E-state index is 0.120. The molecule has 1 unspecified atom stereocenters. The monoisotopic (exact) mass is 688 g/mol. The summed E-state index contributed by atoms with van der Waals surface area (Å²) < 4.78 is 19.1. The van der Waals surface area contributed by atoms with E-state index in [-0.39, 0.29) is 18.4 Å². The highest BCUT2D eigenvalue weighted by Gasteiger charge is 2.35. The standard InChI is InChI=1S/C35H37ClN6O5S/c1-4-46-29-19-24(12-13-28(29)47-20-30(43)41-14-16-45-17-15-41)32-31(33(44)38-26-10-7-8-22(2)18-26)23(3)37-34-39-35(40-42(32)34)48-21-25-9-5-6-11-27(25)36/h5-13,18-19,32H,4,14-17,20-21H2,1-3H3,(H,38,44)(H,37,39,40). The summed E-state index contributed by atoms with van der Waals surface area (Å²) >= 11 is 7.86. The SMILES string of the molecule is CCOc1cc(C2C(C(=O)Nc3cccc(C)c3)=C(C)Nc3nc(SCc4ccccc4Cl)nn32)ccc1OCC(=O)N1CCOCC1. The number of thioether (sulfide) groups is 1. The highest BCUT2D eigenvalue weighted by molar-refractivity contribution is 7.98. The van der Waals surface area contributed by atoms with E-state index in [9.17, 15) is 9.59 Å². The number of hydrogen-bond donors (Lipinski definition) is 2. The summed E-state index contributed by atoms with van der Waals surface area (Å²) in [6, 6.07) is 20.1. The van der Waals surface area contributed by atoms with Gasteiger partial charge in [-0.25, -0.2) is 4.68 Å². The van der Waals surface area contributed by atoms with Crippen LogP contribution in [0.25, 0.3) is 0 Å². The summed E-state index contributed by atoms with van der Waals surface area (Å²) in [5.74, 6) is 1.56. The van der Waals surface area contributed by atoms with E-state index in [1.165, 1.54) is 11.8 Å². The van der Waals surface area contributed by atoms with E-state index in [4.69, 9.17) is 35.9 Å². The van der Waals surface area contributed by atoms with Gasteiger partial charge >= 0.3 is 0 Å². The van der Waals surface area contributed by atoms with Crippen LogP contribution in [0.2, 0.25) is 5.02 Å². The highest BCUT2D eigenvalue weighted by Crippen LogP contribution is 2.40. The molecule has 2 aliphatic heterocycles. The average Bonchev–Trinajstić information content (AvgIpc) is 3.49. The second-order valence-corrected chi connectivity index (χ2v) is 12.7. The van der Waals surface area contributed by atoms with Crippen LogP contribution in [0.4, 0.5) is 11.6 Å². The number of ether oxygens (including phenoxy) is 3. The summed E-state index contributed by atoms with van der Waals surface area (Å²) in [6.07, 6.45) is 0. The number of nitrogens with zero attached hydrogens (tertiary/aromatic N) is 4. The van der Waals surface area contributed by atoms with E-state index in [0.717, 1.165) is 16.7 Å². The first kappa shape index (κ1) is 33.4. The van der Waals surface area contributed by atoms with E-state index in [2.05, 4.69) is 10.6 Å². The van der Waals surface area contributed by atoms with Gasteiger partial charge in [0.05, 0.1) is 25.4 Å². The number of rotatable bonds is 11. The van der Waals surface area contributed by atoms with Crippen LogP contribution in [0.3, 0.4) is 0 Å². The number of aryl methyl sites for hydroxylation is 1. The Balaban J connectivity index is 1.33. The highest BCUT2D eigenvalue weighted by atomic mass is 35.5. The van der Waals surface area contributed by atoms with Crippen molar-refractivity contribution in [2.45, 2.75) is 37.7 Å². The van der Waals surface area contributed by atoms with E-state index in [1.807, 2.05) is 81.4 Å². The Kier molecular flexibility index (Phi) is 10.5. The summed E-state index contributed by atoms with van der Waals surface area (Å²) in [4.78, 5) is 33.3. The molecule has 1 atom stereocenters. The summed E-state index contributed by atoms with van der Waals surface area (Å²) in [5.41, 5.74) is 4.52. The van der Waals surface area contributed by atoms with Crippen molar-refractivity contribution >= 4 is 46.8 Å². The predicted molar refractivity (Wildman–Crippen MR) is 186 cm³/mol. The molecule has 11 nitrogen and oxygen atoms in total. The van der Waals surface area contributed by atoms with Gasteiger partial charge in [-0.3, -0.25) is 9.59 Å². The van der Waals surface area contributed by atoms with E-state index in [1.54, 1.807) is 15.6 Å². The number of fused-ring (bicyclic) bond motifs is 1. The molecule has 13 heteroatoms. The van der Waals surface area contributed by atoms with Gasteiger partial charge in [-0.2, -0.15) is 4.98 Å². The Labute approximate surface area is 288 Å². The second-order valence-electron chi connectivity index (χ2n) is 11.4. The number of aromatic nitrogens is 3. The Morgan fingerprint density at radius 3 is 2.62 bits per heavy atom. The maximum absolute atomic E-state index is 14.0. The van der Waals surface area contributed by atoms with Crippen molar-refractivity contribution in [2.24, 2.45) is 0 Å². The first-order chi connectivity index (χ1) is 23.3. The summed E-state index contributed by atoms with van der Waals surface area (Å²) in [5, 5.41) is 12.4. The molecule has 250 valence electrons. The first-order valence-electron chi connectivity index (χ1n) is 15.7. The number of amides is 2. The quantitative estimate of drug-likeness (QED) is 0.180. The molecule has 0 radical (unpaired) electrons. The van der Waals surface area contributed by atoms with E-state index >= 15 is 0 Å². The van der Waals surface area contributed by atoms with Crippen molar-refractivity contribution in [3.63, 3.8) is 0 Å². The number of carbonyl (C=O) groups excluding carboxylic acids is 2. The average molecular weight is 689 g/mol. The molecule has 1 saturated heterocycles. The molecule has 1 aromatic heterocycles. The molecule has 3 aromatic carbocycles. The van der Waals surface area contributed by atoms with Gasteiger partial charge in [-0.15, -0.1) is 5.10 Å². The molecular weight excluding hydrogens is 652 g/mol. The second kappa shape index (κ2) is 15.1. The number of allylic oxidation sites excluding steroid dienone is 1. The minimum Gasteiger partial charge on any atom is -0.490 e. The third-order valence-corrected chi connectivity index (χ3v) is 9.22. The van der Waals surface area contributed by atoms with Crippen LogP contribution >= 0.6 is 23.4 Å². The number of halogens is 1. The van der Waals surface area contributed by atoms with Gasteiger partial charge < -0.3 is 29.7 Å². The van der Waals surface area contributed by atoms with Crippen molar-refractivity contribution in [3.8, 4) is 11.5 Å². The largest absolute Gasteiger partial charge is 0.490 e. The van der Waals surface area contributed by atoms with Crippen molar-refractivity contribution in [3.05, 3.63) is 99.7 Å². The van der Waals surface area contributed by atoms with Gasteiger partial charge in [0.2, 0.25) is 11.1 Å². The van der Waals surface area contributed by atoms with Crippen LogP contribution in [0.15, 0.2) is 83.2 Å². The summed E-state index contributed by atoms with van der Waals surface area (Å²) in [6.45, 7) is 8.04. The number of hydrogen-bond acceptors (Lipinski definition) is 9. The third-order valence-electron chi connectivity index (χ3n) is 7.97. The molecule has 2 N–H and O–H groups in total. The lowest BCUT2D eigenvalue weighted by atomic mass is 9.94. The molecule has 2 amide bonds. The lowest BCUT2D eigenvalue weighted by molar-refractivity contribution is -0.137. The van der Waals surface area contributed by atoms with Crippen LogP contribution in [-0.2, 0) is 20.1 Å². The van der Waals surface area contributed by atoms with Crippen LogP contribution < -0.4 is 20.1 Å². The Morgan fingerprint density at radius 2 is 1.85 bits per heavy atom. The first-order valence-corrected chi connectivity index (χ1v) is 17.1. The molecule has 3 heterocycles. The molecule has 2 aliphatic rings. The molecule has 0 bridgehead atoms. The number of morpholine rings is 1. The Morgan fingerprint density at radius 1 is 1.04 bits per heavy atom. The number of benzene rings is 3. The molecule has 0 aliphatic carbocycles. The van der Waals surface area contributed by atoms with Gasteiger partial charge in [0.1, 0.15) is 6.04 Å². The zero-order chi connectivity index (χ0) is 33.6. The molecule has 4 aromatic rings. The third kappa shape index (κ3) is 7.61. The van der Waals surface area contributed by atoms with Gasteiger partial charge in [-0.1, -0.05) is 59.8 Å². The minimum atomic E-state index is -0.656. The lowest BCUT2D eigenvalue weighted by Crippen LogP contribution is -2.43. The van der Waals surface area contributed by atoms with Crippen molar-refractivity contribution in [1.29, 1.82) is 0 Å². The zero-order valence-electron chi connectivity index (χ0n) is 27.0. The van der Waals surface area contributed by atoms with E-state index in [0.29, 0.717) is 83.2 Å². The molecule has 0 saturated carbocycles. The maximum atomic E-state index is 14.0. The van der Waals surface area contributed by atoms with E-state index < -0.39 is 6.04 Å². The van der Waals surface area contributed by atoms with Crippen molar-refractivity contribution in [1.82, 2.24) is 19.7 Å². The van der Waals surface area contributed by atoms with Crippen molar-refractivity contribution in [2.75, 3.05) is 50.2 Å². The number of anilines is 2. The Bertz CT molecular complexity index is 1840. The van der Waals surface area contributed by atoms with Gasteiger partial charge in [-0.05, 0) is 67.8 Å². The molecule has 48 heavy (non-hydrogen) atoms. The van der Waals surface area contributed by atoms with Gasteiger partial charge in [0.25, 0.3) is 11.8 Å². The van der Waals surface area contributed by atoms with Gasteiger partial charge in [0.15, 0.2) is 18.1 Å². The van der Waals surface area contributed by atoms with Crippen molar-refractivity contribution < 1.29 is 23.8 Å². The topological polar surface area (TPSA) is 120 Å². The smallest absolute Gasteiger partial charge is 0.260 e. The fraction of sp³-hybridized carbons (Fsp3) is 0.314. The fourth-order valence-electron chi connectivity index (χ4n) is 5.60. The molecular formula is C35H37ClN6O5S. The molecule has 1 fully saturated rings. The molecule has 0 spiro atoms. The number of carbonyl (C=O) groups is 2. The normalized spacial score (nSPS) is 15.8. The summed E-state index contributed by atoms with van der Waals surface area (Å²) in [7, 11) is 0. The fourth-order valence-corrected chi connectivity index (χ4v) is 6.71. The number of nitrogens with one attached hydrogen (secondary N) is 2.